The molecule has 1 amide bonds. The number of nitrogens with two attached hydrogens (primary N) is 1. The number of carbonyl (C=O) groups is 1. The largest absolute Gasteiger partial charge is 0.488 e. The lowest BCUT2D eigenvalue weighted by Gasteiger charge is -2.33. The fraction of sp³-hybridized carbons (Fsp3) is 0.562. The Hall–Kier alpha value is -1.98. The molecule has 1 fully saturated rings. The highest BCUT2D eigenvalue weighted by Gasteiger charge is 2.27. The van der Waals surface area contributed by atoms with Crippen LogP contribution in [-0.4, -0.2) is 35.8 Å². The van der Waals surface area contributed by atoms with E-state index in [2.05, 4.69) is 0 Å². The molecule has 2 rings (SSSR count). The van der Waals surface area contributed by atoms with E-state index in [-0.39, 0.29) is 23.7 Å². The molecule has 22 heavy (non-hydrogen) atoms. The standard InChI is InChI=1S/C16H23FN2O3/c1-16(2,3)22-15(20)19-8-6-12(7-9-19)21-14-5-4-11(17)10-13(14)18/h4-5,10,12H,6-9,18H2,1-3H3. The second-order valence-electron chi connectivity index (χ2n) is 6.47. The first-order chi connectivity index (χ1) is 10.2. The summed E-state index contributed by atoms with van der Waals surface area (Å²) in [6.07, 6.45) is 1.05. The summed E-state index contributed by atoms with van der Waals surface area (Å²) in [5, 5.41) is 0. The Balaban J connectivity index is 1.86. The van der Waals surface area contributed by atoms with Gasteiger partial charge >= 0.3 is 6.09 Å². The lowest BCUT2D eigenvalue weighted by atomic mass is 10.1. The van der Waals surface area contributed by atoms with E-state index in [4.69, 9.17) is 15.2 Å². The molecule has 6 heteroatoms. The fourth-order valence-corrected chi connectivity index (χ4v) is 2.29. The molecular formula is C16H23FN2O3. The van der Waals surface area contributed by atoms with Gasteiger partial charge in [0.2, 0.25) is 0 Å². The number of likely N-dealkylation sites (tertiary alicyclic amines) is 1. The number of benzene rings is 1. The molecule has 122 valence electrons. The number of carbonyl (C=O) groups excluding carboxylic acids is 1. The summed E-state index contributed by atoms with van der Waals surface area (Å²) in [7, 11) is 0. The maximum absolute atomic E-state index is 13.0. The molecule has 1 aromatic carbocycles. The highest BCUT2D eigenvalue weighted by atomic mass is 19.1. The minimum atomic E-state index is -0.493. The van der Waals surface area contributed by atoms with Crippen LogP contribution in [0, 0.1) is 5.82 Å². The van der Waals surface area contributed by atoms with E-state index >= 15 is 0 Å². The summed E-state index contributed by atoms with van der Waals surface area (Å²) in [4.78, 5) is 13.7. The molecule has 0 atom stereocenters. The molecule has 2 N–H and O–H groups in total. The average Bonchev–Trinajstić information content (AvgIpc) is 2.41. The van der Waals surface area contributed by atoms with Gasteiger partial charge in [-0.3, -0.25) is 0 Å². The molecule has 0 radical (unpaired) electrons. The van der Waals surface area contributed by atoms with E-state index in [0.717, 1.165) is 0 Å². The molecule has 1 aliphatic rings. The van der Waals surface area contributed by atoms with Crippen LogP contribution >= 0.6 is 0 Å². The highest BCUT2D eigenvalue weighted by Crippen LogP contribution is 2.26. The Kier molecular flexibility index (Phi) is 4.78. The van der Waals surface area contributed by atoms with Crippen LogP contribution < -0.4 is 10.5 Å². The maximum atomic E-state index is 13.0. The third-order valence-electron chi connectivity index (χ3n) is 3.36. The zero-order chi connectivity index (χ0) is 16.3. The summed E-state index contributed by atoms with van der Waals surface area (Å²) >= 11 is 0. The molecule has 0 unspecified atom stereocenters. The number of anilines is 1. The molecule has 0 saturated carbocycles. The Labute approximate surface area is 130 Å². The number of hydrogen-bond donors (Lipinski definition) is 1. The molecule has 0 aromatic heterocycles. The molecule has 0 spiro atoms. The number of rotatable bonds is 2. The average molecular weight is 310 g/mol. The van der Waals surface area contributed by atoms with Crippen molar-refractivity contribution in [3.05, 3.63) is 24.0 Å². The van der Waals surface area contributed by atoms with Crippen LogP contribution in [0.25, 0.3) is 0 Å². The summed E-state index contributed by atoms with van der Waals surface area (Å²) in [6.45, 7) is 6.68. The Bertz CT molecular complexity index is 535. The number of nitrogen functional groups attached to an aromatic ring is 1. The Morgan fingerprint density at radius 1 is 1.32 bits per heavy atom. The highest BCUT2D eigenvalue weighted by molar-refractivity contribution is 5.68. The van der Waals surface area contributed by atoms with Gasteiger partial charge in [0.25, 0.3) is 0 Å². The normalized spacial score (nSPS) is 16.5. The summed E-state index contributed by atoms with van der Waals surface area (Å²) < 4.78 is 24.2. The topological polar surface area (TPSA) is 64.8 Å². The molecule has 1 aliphatic heterocycles. The first-order valence-corrected chi connectivity index (χ1v) is 7.44. The van der Waals surface area contributed by atoms with Gasteiger partial charge in [0, 0.05) is 32.0 Å². The van der Waals surface area contributed by atoms with Gasteiger partial charge in [-0.05, 0) is 32.9 Å². The van der Waals surface area contributed by atoms with Crippen molar-refractivity contribution >= 4 is 11.8 Å². The molecule has 1 heterocycles. The number of nitrogens with zero attached hydrogens (tertiary/aromatic N) is 1. The number of hydrogen-bond acceptors (Lipinski definition) is 4. The smallest absolute Gasteiger partial charge is 0.410 e. The van der Waals surface area contributed by atoms with E-state index in [1.165, 1.54) is 18.2 Å². The maximum Gasteiger partial charge on any atom is 0.410 e. The molecule has 1 saturated heterocycles. The van der Waals surface area contributed by atoms with Crippen molar-refractivity contribution in [1.29, 1.82) is 0 Å². The minimum Gasteiger partial charge on any atom is -0.488 e. The Morgan fingerprint density at radius 2 is 1.95 bits per heavy atom. The van der Waals surface area contributed by atoms with Crippen molar-refractivity contribution in [3.8, 4) is 5.75 Å². The van der Waals surface area contributed by atoms with E-state index < -0.39 is 5.60 Å². The fourth-order valence-electron chi connectivity index (χ4n) is 2.29. The number of piperidine rings is 1. The van der Waals surface area contributed by atoms with Crippen LogP contribution in [0.3, 0.4) is 0 Å². The van der Waals surface area contributed by atoms with Crippen molar-refractivity contribution in [2.24, 2.45) is 0 Å². The minimum absolute atomic E-state index is 0.0357. The second kappa shape index (κ2) is 6.42. The van der Waals surface area contributed by atoms with E-state index in [0.29, 0.717) is 31.7 Å². The summed E-state index contributed by atoms with van der Waals surface area (Å²) in [5.41, 5.74) is 5.53. The van der Waals surface area contributed by atoms with Gasteiger partial charge in [0.1, 0.15) is 23.3 Å². The predicted octanol–water partition coefficient (Wildman–Crippen LogP) is 3.19. The van der Waals surface area contributed by atoms with Crippen LogP contribution in [0.2, 0.25) is 0 Å². The van der Waals surface area contributed by atoms with Gasteiger partial charge in [-0.25, -0.2) is 9.18 Å². The summed E-state index contributed by atoms with van der Waals surface area (Å²) in [5.74, 6) is 0.0988. The first-order valence-electron chi connectivity index (χ1n) is 7.44. The second-order valence-corrected chi connectivity index (χ2v) is 6.47. The van der Waals surface area contributed by atoms with Crippen LogP contribution in [0.4, 0.5) is 14.9 Å². The molecule has 1 aromatic rings. The predicted molar refractivity (Wildman–Crippen MR) is 82.3 cm³/mol. The van der Waals surface area contributed by atoms with Crippen LogP contribution in [-0.2, 0) is 4.74 Å². The van der Waals surface area contributed by atoms with Gasteiger partial charge in [0.15, 0.2) is 0 Å². The lowest BCUT2D eigenvalue weighted by molar-refractivity contribution is 0.0127. The van der Waals surface area contributed by atoms with E-state index in [9.17, 15) is 9.18 Å². The van der Waals surface area contributed by atoms with Gasteiger partial charge in [-0.2, -0.15) is 0 Å². The van der Waals surface area contributed by atoms with Gasteiger partial charge in [0.05, 0.1) is 5.69 Å². The zero-order valence-corrected chi connectivity index (χ0v) is 13.3. The molecule has 0 aliphatic carbocycles. The third kappa shape index (κ3) is 4.51. The SMILES string of the molecule is CC(C)(C)OC(=O)N1CCC(Oc2ccc(F)cc2N)CC1. The van der Waals surface area contributed by atoms with Gasteiger partial charge in [-0.1, -0.05) is 0 Å². The van der Waals surface area contributed by atoms with Crippen molar-refractivity contribution in [2.75, 3.05) is 18.8 Å². The molecular weight excluding hydrogens is 287 g/mol. The van der Waals surface area contributed by atoms with Crippen LogP contribution in [0.1, 0.15) is 33.6 Å². The molecule has 5 nitrogen and oxygen atoms in total. The number of amides is 1. The zero-order valence-electron chi connectivity index (χ0n) is 13.3. The molecule has 0 bridgehead atoms. The van der Waals surface area contributed by atoms with Crippen LogP contribution in [0.5, 0.6) is 5.75 Å². The quantitative estimate of drug-likeness (QED) is 0.852. The van der Waals surface area contributed by atoms with E-state index in [1.54, 1.807) is 4.90 Å². The van der Waals surface area contributed by atoms with Gasteiger partial charge in [-0.15, -0.1) is 0 Å². The van der Waals surface area contributed by atoms with Crippen molar-refractivity contribution in [3.63, 3.8) is 0 Å². The monoisotopic (exact) mass is 310 g/mol. The number of halogens is 1. The van der Waals surface area contributed by atoms with Crippen molar-refractivity contribution in [1.82, 2.24) is 4.90 Å². The third-order valence-corrected chi connectivity index (χ3v) is 3.36. The van der Waals surface area contributed by atoms with Crippen molar-refractivity contribution < 1.29 is 18.7 Å². The number of ether oxygens (including phenoxy) is 2. The van der Waals surface area contributed by atoms with Crippen LogP contribution in [0.15, 0.2) is 18.2 Å². The van der Waals surface area contributed by atoms with Crippen molar-refractivity contribution in [2.45, 2.75) is 45.3 Å². The van der Waals surface area contributed by atoms with E-state index in [1.807, 2.05) is 20.8 Å². The summed E-state index contributed by atoms with van der Waals surface area (Å²) in [6, 6.07) is 4.09. The first kappa shape index (κ1) is 16.4. The lowest BCUT2D eigenvalue weighted by Crippen LogP contribution is -2.44. The Morgan fingerprint density at radius 3 is 2.50 bits per heavy atom. The van der Waals surface area contributed by atoms with Gasteiger partial charge < -0.3 is 20.1 Å².